The van der Waals surface area contributed by atoms with Gasteiger partial charge in [0.25, 0.3) is 5.91 Å². The first-order valence-electron chi connectivity index (χ1n) is 11.2. The van der Waals surface area contributed by atoms with E-state index in [0.29, 0.717) is 22.0 Å². The van der Waals surface area contributed by atoms with E-state index in [-0.39, 0.29) is 38.0 Å². The van der Waals surface area contributed by atoms with Gasteiger partial charge in [0.1, 0.15) is 5.75 Å². The van der Waals surface area contributed by atoms with Crippen LogP contribution in [0.3, 0.4) is 0 Å². The Labute approximate surface area is 229 Å². The van der Waals surface area contributed by atoms with Crippen molar-refractivity contribution >= 4 is 45.7 Å². The fraction of sp³-hybridized carbons (Fsp3) is 0.200. The Balaban J connectivity index is 1.36. The number of nitrogens with zero attached hydrogens (tertiary/aromatic N) is 5. The molecule has 2 N–H and O–H groups in total. The van der Waals surface area contributed by atoms with Crippen LogP contribution in [0.4, 0.5) is 9.52 Å². The molecular weight excluding hydrogens is 551 g/mol. The number of amides is 1. The van der Waals surface area contributed by atoms with Crippen molar-refractivity contribution in [3.63, 3.8) is 0 Å². The van der Waals surface area contributed by atoms with Crippen molar-refractivity contribution in [3.8, 4) is 22.9 Å². The number of aliphatic hydroxyl groups excluding tert-OH is 1. The lowest BCUT2D eigenvalue weighted by atomic mass is 10.00. The van der Waals surface area contributed by atoms with Crippen LogP contribution in [0.1, 0.15) is 38.8 Å². The molecule has 38 heavy (non-hydrogen) atoms. The highest BCUT2D eigenvalue weighted by Gasteiger charge is 2.33. The summed E-state index contributed by atoms with van der Waals surface area (Å²) in [5.74, 6) is -1.29. The predicted octanol–water partition coefficient (Wildman–Crippen LogP) is 4.98. The number of nitriles is 1. The minimum atomic E-state index is -0.821. The van der Waals surface area contributed by atoms with E-state index in [0.717, 1.165) is 22.5 Å². The Morgan fingerprint density at radius 3 is 2.89 bits per heavy atom. The van der Waals surface area contributed by atoms with Crippen molar-refractivity contribution in [1.82, 2.24) is 20.2 Å². The van der Waals surface area contributed by atoms with Crippen LogP contribution >= 0.6 is 34.7 Å². The molecule has 3 heterocycles. The van der Waals surface area contributed by atoms with Gasteiger partial charge in [0, 0.05) is 22.7 Å². The molecule has 5 rings (SSSR count). The maximum atomic E-state index is 15.0. The zero-order valence-electron chi connectivity index (χ0n) is 19.9. The molecule has 0 unspecified atom stereocenters. The third kappa shape index (κ3) is 4.93. The Morgan fingerprint density at radius 2 is 2.13 bits per heavy atom. The van der Waals surface area contributed by atoms with Gasteiger partial charge in [-0.05, 0) is 42.7 Å². The molecule has 1 amide bonds. The Morgan fingerprint density at radius 1 is 1.32 bits per heavy atom. The molecule has 192 valence electrons. The molecule has 0 aliphatic heterocycles. The first-order valence-corrected chi connectivity index (χ1v) is 13.2. The van der Waals surface area contributed by atoms with Crippen LogP contribution in [0.2, 0.25) is 5.15 Å². The number of thioether (sulfide) groups is 1. The Hall–Kier alpha value is -3.63. The summed E-state index contributed by atoms with van der Waals surface area (Å²) in [6.45, 7) is 1.71. The van der Waals surface area contributed by atoms with Crippen molar-refractivity contribution in [2.75, 3.05) is 12.4 Å². The molecule has 0 radical (unpaired) electrons. The molecule has 4 aromatic rings. The topological polar surface area (TPSA) is 134 Å². The largest absolute Gasteiger partial charge is 0.494 e. The normalized spacial score (nSPS) is 16.1. The van der Waals surface area contributed by atoms with Gasteiger partial charge >= 0.3 is 0 Å². The minimum absolute atomic E-state index is 0.00833. The summed E-state index contributed by atoms with van der Waals surface area (Å²) in [4.78, 5) is 21.2. The molecule has 0 saturated carbocycles. The molecule has 0 fully saturated rings. The lowest BCUT2D eigenvalue weighted by Gasteiger charge is -2.14. The first-order chi connectivity index (χ1) is 18.3. The number of fused-ring (bicyclic) bond motifs is 1. The number of benzene rings is 1. The number of halogens is 2. The predicted molar refractivity (Wildman–Crippen MR) is 141 cm³/mol. The third-order valence-corrected chi connectivity index (χ3v) is 8.41. The number of hydrogen-bond donors (Lipinski definition) is 2. The van der Waals surface area contributed by atoms with Crippen molar-refractivity contribution in [3.05, 3.63) is 75.6 Å². The van der Waals surface area contributed by atoms with E-state index in [1.54, 1.807) is 25.1 Å². The maximum absolute atomic E-state index is 15.0. The summed E-state index contributed by atoms with van der Waals surface area (Å²) in [7, 11) is 1.37. The second-order valence-electron chi connectivity index (χ2n) is 8.34. The number of aromatic nitrogens is 4. The zero-order valence-corrected chi connectivity index (χ0v) is 22.3. The highest BCUT2D eigenvalue weighted by atomic mass is 35.5. The van der Waals surface area contributed by atoms with Gasteiger partial charge in [0.15, 0.2) is 15.3 Å². The number of ether oxygens (including phenoxy) is 1. The second kappa shape index (κ2) is 10.6. The van der Waals surface area contributed by atoms with E-state index in [1.165, 1.54) is 31.3 Å². The van der Waals surface area contributed by atoms with Crippen LogP contribution in [-0.2, 0) is 6.42 Å². The second-order valence-corrected chi connectivity index (χ2v) is 11.2. The van der Waals surface area contributed by atoms with Gasteiger partial charge in [-0.2, -0.15) is 5.26 Å². The molecule has 1 aromatic carbocycles. The third-order valence-electron chi connectivity index (χ3n) is 5.96. The number of nitrogens with one attached hydrogen (secondary N) is 1. The van der Waals surface area contributed by atoms with E-state index >= 15 is 4.39 Å². The molecule has 1 aliphatic carbocycles. The lowest BCUT2D eigenvalue weighted by molar-refractivity contribution is 0.102. The molecule has 0 bridgehead atoms. The standard InChI is InChI=1S/C25H18ClFN6O3S2/c1-11-5-15(19-17(36-2)10-30-22(26)20(19)27)16(9-29-11)23(35)31-24-32-33-25(38-24)37-18-7-13-4-3-12(8-28)6-14(13)21(18)34/h3-6,9-10,18,21,34H,7H2,1-2H3,(H,31,32,35)/t18-,21+/m1/s1. The summed E-state index contributed by atoms with van der Waals surface area (Å²) in [6, 6.07) is 8.93. The summed E-state index contributed by atoms with van der Waals surface area (Å²) in [6.07, 6.45) is 2.46. The summed E-state index contributed by atoms with van der Waals surface area (Å²) >= 11 is 8.40. The number of hydrogen-bond acceptors (Lipinski definition) is 10. The van der Waals surface area contributed by atoms with Crippen LogP contribution in [0.25, 0.3) is 11.1 Å². The van der Waals surface area contributed by atoms with E-state index in [4.69, 9.17) is 21.6 Å². The van der Waals surface area contributed by atoms with Crippen molar-refractivity contribution < 1.29 is 19.0 Å². The number of rotatable bonds is 6. The van der Waals surface area contributed by atoms with Crippen LogP contribution < -0.4 is 10.1 Å². The van der Waals surface area contributed by atoms with Gasteiger partial charge in [0.05, 0.1) is 42.2 Å². The lowest BCUT2D eigenvalue weighted by Crippen LogP contribution is -2.14. The molecule has 0 saturated heterocycles. The fourth-order valence-electron chi connectivity index (χ4n) is 4.16. The van der Waals surface area contributed by atoms with E-state index < -0.39 is 17.8 Å². The number of aliphatic hydroxyl groups is 1. The van der Waals surface area contributed by atoms with Crippen LogP contribution in [0.5, 0.6) is 5.75 Å². The average Bonchev–Trinajstić information content (AvgIpc) is 3.48. The highest BCUT2D eigenvalue weighted by molar-refractivity contribution is 8.01. The molecule has 13 heteroatoms. The first kappa shape index (κ1) is 26.0. The quantitative estimate of drug-likeness (QED) is 0.244. The van der Waals surface area contributed by atoms with Gasteiger partial charge in [-0.3, -0.25) is 15.1 Å². The number of methoxy groups -OCH3 is 1. The average molecular weight is 569 g/mol. The molecule has 3 aromatic heterocycles. The molecular formula is C25H18ClFN6O3S2. The van der Waals surface area contributed by atoms with Crippen LogP contribution in [0, 0.1) is 24.1 Å². The van der Waals surface area contributed by atoms with E-state index in [1.807, 2.05) is 6.07 Å². The number of pyridine rings is 2. The zero-order chi connectivity index (χ0) is 27.0. The molecule has 0 spiro atoms. The van der Waals surface area contributed by atoms with E-state index in [9.17, 15) is 9.90 Å². The van der Waals surface area contributed by atoms with Crippen molar-refractivity contribution in [2.24, 2.45) is 0 Å². The Kier molecular flexibility index (Phi) is 7.27. The summed E-state index contributed by atoms with van der Waals surface area (Å²) < 4.78 is 20.8. The van der Waals surface area contributed by atoms with E-state index in [2.05, 4.69) is 31.6 Å². The number of carbonyl (C=O) groups is 1. The van der Waals surface area contributed by atoms with Crippen LogP contribution in [0.15, 0.2) is 41.0 Å². The van der Waals surface area contributed by atoms with Gasteiger partial charge in [0.2, 0.25) is 5.13 Å². The number of carbonyl (C=O) groups excluding carboxylic acids is 1. The summed E-state index contributed by atoms with van der Waals surface area (Å²) in [5, 5.41) is 30.4. The SMILES string of the molecule is COc1cnc(Cl)c(F)c1-c1cc(C)ncc1C(=O)Nc1nnc(S[C@@H]2Cc3ccc(C#N)cc3[C@@H]2O)s1. The number of aryl methyl sites for hydroxylation is 1. The maximum Gasteiger partial charge on any atom is 0.259 e. The molecule has 2 atom stereocenters. The smallest absolute Gasteiger partial charge is 0.259 e. The molecule has 1 aliphatic rings. The molecule has 9 nitrogen and oxygen atoms in total. The van der Waals surface area contributed by atoms with Crippen molar-refractivity contribution in [1.29, 1.82) is 5.26 Å². The summed E-state index contributed by atoms with van der Waals surface area (Å²) in [5.41, 5.74) is 3.06. The van der Waals surface area contributed by atoms with Gasteiger partial charge in [-0.25, -0.2) is 9.37 Å². The Bertz CT molecular complexity index is 1610. The minimum Gasteiger partial charge on any atom is -0.494 e. The fourth-order valence-corrected chi connectivity index (χ4v) is 6.46. The monoisotopic (exact) mass is 568 g/mol. The number of anilines is 1. The highest BCUT2D eigenvalue weighted by Crippen LogP contribution is 2.43. The van der Waals surface area contributed by atoms with Gasteiger partial charge in [-0.1, -0.05) is 40.8 Å². The van der Waals surface area contributed by atoms with Crippen LogP contribution in [-0.4, -0.2) is 43.5 Å². The van der Waals surface area contributed by atoms with Crippen molar-refractivity contribution in [2.45, 2.75) is 29.0 Å². The van der Waals surface area contributed by atoms with Gasteiger partial charge in [-0.15, -0.1) is 10.2 Å². The van der Waals surface area contributed by atoms with Gasteiger partial charge < -0.3 is 9.84 Å².